The minimum atomic E-state index is 0.541. The van der Waals surface area contributed by atoms with Crippen LogP contribution in [-0.4, -0.2) is 28.9 Å². The molecule has 2 N–H and O–H groups in total. The minimum Gasteiger partial charge on any atom is -0.493 e. The molecule has 0 saturated carbocycles. The van der Waals surface area contributed by atoms with Crippen LogP contribution in [-0.2, 0) is 13.1 Å². The first-order chi connectivity index (χ1) is 13.2. The first-order valence-corrected chi connectivity index (χ1v) is 8.90. The Morgan fingerprint density at radius 3 is 2.56 bits per heavy atom. The molecule has 27 heavy (non-hydrogen) atoms. The fraction of sp³-hybridized carbons (Fsp3) is 0.200. The van der Waals surface area contributed by atoms with Crippen molar-refractivity contribution in [1.29, 1.82) is 0 Å². The Kier molecular flexibility index (Phi) is 6.27. The highest BCUT2D eigenvalue weighted by molar-refractivity contribution is 7.80. The maximum absolute atomic E-state index is 5.43. The van der Waals surface area contributed by atoms with Crippen LogP contribution >= 0.6 is 12.2 Å². The van der Waals surface area contributed by atoms with Gasteiger partial charge in [-0.15, -0.1) is 0 Å². The van der Waals surface area contributed by atoms with Gasteiger partial charge in [0.15, 0.2) is 16.6 Å². The molecular weight excluding hydrogens is 360 g/mol. The number of methoxy groups -OCH3 is 2. The van der Waals surface area contributed by atoms with E-state index in [-0.39, 0.29) is 0 Å². The van der Waals surface area contributed by atoms with Crippen molar-refractivity contribution in [3.63, 3.8) is 0 Å². The third-order valence-corrected chi connectivity index (χ3v) is 4.36. The van der Waals surface area contributed by atoms with Gasteiger partial charge >= 0.3 is 0 Å². The van der Waals surface area contributed by atoms with E-state index in [1.165, 1.54) is 11.1 Å². The quantitative estimate of drug-likeness (QED) is 0.611. The number of rotatable bonds is 7. The van der Waals surface area contributed by atoms with Crippen LogP contribution < -0.4 is 20.1 Å². The fourth-order valence-electron chi connectivity index (χ4n) is 2.73. The first kappa shape index (κ1) is 18.7. The average molecular weight is 382 g/mol. The summed E-state index contributed by atoms with van der Waals surface area (Å²) in [6, 6.07) is 13.8. The lowest BCUT2D eigenvalue weighted by molar-refractivity contribution is 0.355. The maximum atomic E-state index is 5.43. The van der Waals surface area contributed by atoms with Crippen molar-refractivity contribution in [2.75, 3.05) is 19.5 Å². The molecule has 0 atom stereocenters. The van der Waals surface area contributed by atoms with Crippen molar-refractivity contribution in [2.45, 2.75) is 13.1 Å². The summed E-state index contributed by atoms with van der Waals surface area (Å²) in [5, 5.41) is 6.97. The number of hydrogen-bond donors (Lipinski definition) is 2. The van der Waals surface area contributed by atoms with Gasteiger partial charge in [0.05, 0.1) is 20.5 Å². The molecule has 0 aliphatic rings. The molecule has 1 heterocycles. The van der Waals surface area contributed by atoms with E-state index in [9.17, 15) is 0 Å². The van der Waals surface area contributed by atoms with Gasteiger partial charge in [0, 0.05) is 37.2 Å². The van der Waals surface area contributed by atoms with Crippen LogP contribution in [0.25, 0.3) is 0 Å². The molecule has 0 bridgehead atoms. The van der Waals surface area contributed by atoms with Crippen LogP contribution in [0.15, 0.2) is 61.2 Å². The number of aromatic nitrogens is 2. The van der Waals surface area contributed by atoms with Gasteiger partial charge in [-0.1, -0.05) is 24.3 Å². The van der Waals surface area contributed by atoms with Crippen molar-refractivity contribution >= 4 is 23.0 Å². The average Bonchev–Trinajstić information content (AvgIpc) is 3.20. The number of nitrogens with one attached hydrogen (secondary N) is 2. The largest absolute Gasteiger partial charge is 0.493 e. The Morgan fingerprint density at radius 1 is 1.07 bits per heavy atom. The smallest absolute Gasteiger partial charge is 0.171 e. The van der Waals surface area contributed by atoms with Crippen molar-refractivity contribution in [1.82, 2.24) is 14.9 Å². The molecule has 0 aliphatic carbocycles. The van der Waals surface area contributed by atoms with Gasteiger partial charge in [0.25, 0.3) is 0 Å². The van der Waals surface area contributed by atoms with Gasteiger partial charge in [-0.2, -0.15) is 0 Å². The summed E-state index contributed by atoms with van der Waals surface area (Å²) in [7, 11) is 3.22. The zero-order valence-electron chi connectivity index (χ0n) is 15.3. The van der Waals surface area contributed by atoms with Crippen LogP contribution in [0.4, 0.5) is 5.69 Å². The molecule has 3 aromatic rings. The lowest BCUT2D eigenvalue weighted by Gasteiger charge is -2.15. The number of benzene rings is 2. The molecule has 0 spiro atoms. The molecule has 2 aromatic carbocycles. The Hall–Kier alpha value is -3.06. The third-order valence-electron chi connectivity index (χ3n) is 4.11. The highest BCUT2D eigenvalue weighted by Gasteiger charge is 2.07. The van der Waals surface area contributed by atoms with E-state index in [4.69, 9.17) is 21.7 Å². The number of thiocarbonyl (C=S) groups is 1. The summed E-state index contributed by atoms with van der Waals surface area (Å²) in [4.78, 5) is 4.09. The number of ether oxygens (including phenoxy) is 2. The van der Waals surface area contributed by atoms with Crippen molar-refractivity contribution in [2.24, 2.45) is 0 Å². The topological polar surface area (TPSA) is 60.3 Å². The number of hydrogen-bond acceptors (Lipinski definition) is 4. The third kappa shape index (κ3) is 4.98. The Bertz CT molecular complexity index is 897. The lowest BCUT2D eigenvalue weighted by Crippen LogP contribution is -2.28. The van der Waals surface area contributed by atoms with Crippen LogP contribution in [0, 0.1) is 0 Å². The number of imidazole rings is 1. The zero-order chi connectivity index (χ0) is 19.1. The van der Waals surface area contributed by atoms with Crippen LogP contribution in [0.5, 0.6) is 11.5 Å². The molecule has 0 saturated heterocycles. The standard InChI is InChI=1S/C20H22N4O2S/c1-25-18-8-7-17(11-19(18)26-2)23-20(27)22-12-15-5-3-4-6-16(15)13-24-10-9-21-14-24/h3-11,14H,12-13H2,1-2H3,(H2,22,23,27). The number of nitrogens with zero attached hydrogens (tertiary/aromatic N) is 2. The Labute approximate surface area is 164 Å². The van der Waals surface area contributed by atoms with E-state index in [2.05, 4.69) is 27.8 Å². The van der Waals surface area contributed by atoms with Crippen LogP contribution in [0.2, 0.25) is 0 Å². The summed E-state index contributed by atoms with van der Waals surface area (Å²) in [6.07, 6.45) is 5.55. The second kappa shape index (κ2) is 9.05. The predicted octanol–water partition coefficient (Wildman–Crippen LogP) is 3.44. The molecule has 7 heteroatoms. The normalized spacial score (nSPS) is 10.3. The van der Waals surface area contributed by atoms with E-state index in [1.54, 1.807) is 20.4 Å². The van der Waals surface area contributed by atoms with E-state index < -0.39 is 0 Å². The van der Waals surface area contributed by atoms with Gasteiger partial charge in [-0.05, 0) is 35.5 Å². The van der Waals surface area contributed by atoms with E-state index in [1.807, 2.05) is 47.4 Å². The molecular formula is C20H22N4O2S. The molecule has 0 radical (unpaired) electrons. The van der Waals surface area contributed by atoms with E-state index in [0.717, 1.165) is 12.2 Å². The molecule has 0 amide bonds. The second-order valence-electron chi connectivity index (χ2n) is 5.88. The second-order valence-corrected chi connectivity index (χ2v) is 6.29. The highest BCUT2D eigenvalue weighted by atomic mass is 32.1. The summed E-state index contributed by atoms with van der Waals surface area (Å²) >= 11 is 5.43. The molecule has 0 aliphatic heterocycles. The van der Waals surface area contributed by atoms with Gasteiger partial charge in [-0.3, -0.25) is 0 Å². The monoisotopic (exact) mass is 382 g/mol. The van der Waals surface area contributed by atoms with E-state index in [0.29, 0.717) is 23.2 Å². The lowest BCUT2D eigenvalue weighted by atomic mass is 10.1. The van der Waals surface area contributed by atoms with Crippen LogP contribution in [0.1, 0.15) is 11.1 Å². The first-order valence-electron chi connectivity index (χ1n) is 8.49. The zero-order valence-corrected chi connectivity index (χ0v) is 16.1. The molecule has 0 unspecified atom stereocenters. The summed E-state index contributed by atoms with van der Waals surface area (Å²) in [5.41, 5.74) is 3.23. The predicted molar refractivity (Wildman–Crippen MR) is 110 cm³/mol. The summed E-state index contributed by atoms with van der Waals surface area (Å²) in [6.45, 7) is 1.40. The Morgan fingerprint density at radius 2 is 1.85 bits per heavy atom. The van der Waals surface area contributed by atoms with Crippen molar-refractivity contribution < 1.29 is 9.47 Å². The van der Waals surface area contributed by atoms with Gasteiger partial charge in [-0.25, -0.2) is 4.98 Å². The summed E-state index contributed by atoms with van der Waals surface area (Å²) < 4.78 is 12.6. The van der Waals surface area contributed by atoms with Crippen LogP contribution in [0.3, 0.4) is 0 Å². The van der Waals surface area contributed by atoms with Crippen molar-refractivity contribution in [3.05, 3.63) is 72.3 Å². The molecule has 3 rings (SSSR count). The van der Waals surface area contributed by atoms with Gasteiger partial charge in [0.2, 0.25) is 0 Å². The Balaban J connectivity index is 1.61. The SMILES string of the molecule is COc1ccc(NC(=S)NCc2ccccc2Cn2ccnc2)cc1OC. The molecule has 6 nitrogen and oxygen atoms in total. The molecule has 140 valence electrons. The minimum absolute atomic E-state index is 0.541. The number of anilines is 1. The molecule has 0 fully saturated rings. The highest BCUT2D eigenvalue weighted by Crippen LogP contribution is 2.29. The summed E-state index contributed by atoms with van der Waals surface area (Å²) in [5.74, 6) is 1.33. The van der Waals surface area contributed by atoms with Gasteiger partial charge in [0.1, 0.15) is 0 Å². The van der Waals surface area contributed by atoms with E-state index >= 15 is 0 Å². The van der Waals surface area contributed by atoms with Gasteiger partial charge < -0.3 is 24.7 Å². The maximum Gasteiger partial charge on any atom is 0.171 e. The fourth-order valence-corrected chi connectivity index (χ4v) is 2.92. The molecule has 1 aromatic heterocycles. The van der Waals surface area contributed by atoms with Crippen molar-refractivity contribution in [3.8, 4) is 11.5 Å².